The van der Waals surface area contributed by atoms with Crippen LogP contribution in [0.5, 0.6) is 11.5 Å². The molecule has 0 fully saturated rings. The standard InChI is InChI=1S/C20H27N3O3/c1-13(2)6-5-8-21-19-12-16-15-11-18(26-4)17(25-3)10-14(15)7-9-23(16)20(24)22-19/h10-13H,5-9H2,1-4H3,(H,21,22,24). The fraction of sp³-hybridized carbons (Fsp3) is 0.500. The van der Waals surface area contributed by atoms with Gasteiger partial charge in [0.05, 0.1) is 19.9 Å². The van der Waals surface area contributed by atoms with Crippen LogP contribution in [0.1, 0.15) is 32.3 Å². The van der Waals surface area contributed by atoms with E-state index in [4.69, 9.17) is 9.47 Å². The zero-order valence-corrected chi connectivity index (χ0v) is 16.0. The van der Waals surface area contributed by atoms with Crippen LogP contribution in [0.2, 0.25) is 0 Å². The van der Waals surface area contributed by atoms with E-state index in [1.807, 2.05) is 18.2 Å². The van der Waals surface area contributed by atoms with E-state index in [-0.39, 0.29) is 5.69 Å². The summed E-state index contributed by atoms with van der Waals surface area (Å²) in [7, 11) is 3.25. The molecule has 3 rings (SSSR count). The topological polar surface area (TPSA) is 65.4 Å². The maximum atomic E-state index is 12.5. The van der Waals surface area contributed by atoms with Gasteiger partial charge >= 0.3 is 5.69 Å². The molecule has 0 saturated carbocycles. The Bertz CT molecular complexity index is 843. The fourth-order valence-corrected chi connectivity index (χ4v) is 3.36. The molecule has 26 heavy (non-hydrogen) atoms. The van der Waals surface area contributed by atoms with E-state index in [9.17, 15) is 4.79 Å². The largest absolute Gasteiger partial charge is 0.493 e. The summed E-state index contributed by atoms with van der Waals surface area (Å²) in [6.45, 7) is 5.86. The lowest BCUT2D eigenvalue weighted by Crippen LogP contribution is -2.29. The second-order valence-corrected chi connectivity index (χ2v) is 7.04. The molecule has 1 aromatic carbocycles. The van der Waals surface area contributed by atoms with E-state index in [1.165, 1.54) is 0 Å². The van der Waals surface area contributed by atoms with Gasteiger partial charge in [0.2, 0.25) is 0 Å². The van der Waals surface area contributed by atoms with Gasteiger partial charge in [-0.3, -0.25) is 4.57 Å². The molecule has 0 bridgehead atoms. The normalized spacial score (nSPS) is 12.5. The van der Waals surface area contributed by atoms with Gasteiger partial charge < -0.3 is 14.8 Å². The quantitative estimate of drug-likeness (QED) is 0.770. The van der Waals surface area contributed by atoms with Crippen LogP contribution in [-0.2, 0) is 13.0 Å². The van der Waals surface area contributed by atoms with Gasteiger partial charge in [0, 0.05) is 24.7 Å². The lowest BCUT2D eigenvalue weighted by atomic mass is 9.97. The Labute approximate surface area is 154 Å². The second kappa shape index (κ2) is 7.81. The van der Waals surface area contributed by atoms with Gasteiger partial charge in [0.25, 0.3) is 0 Å². The Hall–Kier alpha value is -2.50. The lowest BCUT2D eigenvalue weighted by molar-refractivity contribution is 0.354. The first-order valence-corrected chi connectivity index (χ1v) is 9.14. The van der Waals surface area contributed by atoms with Crippen LogP contribution in [0, 0.1) is 5.92 Å². The lowest BCUT2D eigenvalue weighted by Gasteiger charge is -2.23. The average molecular weight is 357 g/mol. The number of fused-ring (bicyclic) bond motifs is 3. The molecule has 0 saturated heterocycles. The highest BCUT2D eigenvalue weighted by Crippen LogP contribution is 2.38. The number of aryl methyl sites for hydroxylation is 1. The molecule has 0 aliphatic carbocycles. The van der Waals surface area contributed by atoms with E-state index < -0.39 is 0 Å². The Balaban J connectivity index is 1.94. The molecule has 2 heterocycles. The maximum absolute atomic E-state index is 12.5. The Morgan fingerprint density at radius 1 is 1.19 bits per heavy atom. The van der Waals surface area contributed by atoms with Crippen LogP contribution < -0.4 is 20.5 Å². The summed E-state index contributed by atoms with van der Waals surface area (Å²) >= 11 is 0. The van der Waals surface area contributed by atoms with Crippen molar-refractivity contribution in [2.75, 3.05) is 26.1 Å². The number of nitrogens with zero attached hydrogens (tertiary/aromatic N) is 2. The van der Waals surface area contributed by atoms with Crippen molar-refractivity contribution in [1.29, 1.82) is 0 Å². The van der Waals surface area contributed by atoms with Gasteiger partial charge in [0.1, 0.15) is 5.82 Å². The third-order valence-corrected chi connectivity index (χ3v) is 4.77. The predicted octanol–water partition coefficient (Wildman–Crippen LogP) is 3.33. The Morgan fingerprint density at radius 2 is 1.92 bits per heavy atom. The first kappa shape index (κ1) is 18.3. The van der Waals surface area contributed by atoms with Gasteiger partial charge in [-0.25, -0.2) is 4.79 Å². The average Bonchev–Trinajstić information content (AvgIpc) is 2.63. The van der Waals surface area contributed by atoms with Crippen molar-refractivity contribution in [2.24, 2.45) is 5.92 Å². The summed E-state index contributed by atoms with van der Waals surface area (Å²) in [5, 5.41) is 3.29. The minimum Gasteiger partial charge on any atom is -0.493 e. The third kappa shape index (κ3) is 3.69. The fourth-order valence-electron chi connectivity index (χ4n) is 3.36. The number of benzene rings is 1. The summed E-state index contributed by atoms with van der Waals surface area (Å²) in [5.74, 6) is 2.68. The second-order valence-electron chi connectivity index (χ2n) is 7.04. The van der Waals surface area contributed by atoms with Crippen molar-refractivity contribution in [3.63, 3.8) is 0 Å². The molecule has 1 aromatic heterocycles. The van der Waals surface area contributed by atoms with Crippen LogP contribution in [0.15, 0.2) is 23.0 Å². The van der Waals surface area contributed by atoms with Crippen LogP contribution in [-0.4, -0.2) is 30.3 Å². The molecule has 140 valence electrons. The van der Waals surface area contributed by atoms with Gasteiger partial charge in [0.15, 0.2) is 11.5 Å². The summed E-state index contributed by atoms with van der Waals surface area (Å²) in [6, 6.07) is 5.90. The molecule has 0 unspecified atom stereocenters. The number of ether oxygens (including phenoxy) is 2. The number of nitrogens with one attached hydrogen (secondary N) is 1. The SMILES string of the molecule is COc1cc2c(cc1OC)-c1cc(NCCCC(C)C)nc(=O)n1CC2. The van der Waals surface area contributed by atoms with Crippen molar-refractivity contribution in [1.82, 2.24) is 9.55 Å². The molecule has 1 aliphatic rings. The summed E-state index contributed by atoms with van der Waals surface area (Å²) in [6.07, 6.45) is 2.97. The number of hydrogen-bond acceptors (Lipinski definition) is 5. The van der Waals surface area contributed by atoms with Crippen LogP contribution in [0.25, 0.3) is 11.3 Å². The first-order chi connectivity index (χ1) is 12.5. The summed E-state index contributed by atoms with van der Waals surface area (Å²) < 4.78 is 12.6. The van der Waals surface area contributed by atoms with Crippen LogP contribution >= 0.6 is 0 Å². The van der Waals surface area contributed by atoms with E-state index in [1.54, 1.807) is 18.8 Å². The van der Waals surface area contributed by atoms with Gasteiger partial charge in [-0.15, -0.1) is 0 Å². The van der Waals surface area contributed by atoms with Crippen molar-refractivity contribution in [3.8, 4) is 22.8 Å². The first-order valence-electron chi connectivity index (χ1n) is 9.14. The number of rotatable bonds is 7. The zero-order chi connectivity index (χ0) is 18.7. The van der Waals surface area contributed by atoms with Crippen molar-refractivity contribution in [3.05, 3.63) is 34.2 Å². The molecule has 1 aliphatic heterocycles. The molecule has 6 heteroatoms. The molecule has 1 N–H and O–H groups in total. The monoisotopic (exact) mass is 357 g/mol. The van der Waals surface area contributed by atoms with E-state index in [0.29, 0.717) is 29.8 Å². The predicted molar refractivity (Wildman–Crippen MR) is 103 cm³/mol. The molecule has 0 atom stereocenters. The van der Waals surface area contributed by atoms with E-state index in [0.717, 1.165) is 42.6 Å². The molecule has 2 aromatic rings. The van der Waals surface area contributed by atoms with Crippen molar-refractivity contribution >= 4 is 5.82 Å². The molecule has 0 radical (unpaired) electrons. The molecule has 6 nitrogen and oxygen atoms in total. The number of hydrogen-bond donors (Lipinski definition) is 1. The number of anilines is 1. The molecule has 0 amide bonds. The van der Waals surface area contributed by atoms with Gasteiger partial charge in [-0.2, -0.15) is 4.98 Å². The number of methoxy groups -OCH3 is 2. The van der Waals surface area contributed by atoms with Gasteiger partial charge in [-0.05, 0) is 42.9 Å². The van der Waals surface area contributed by atoms with Crippen LogP contribution in [0.4, 0.5) is 5.82 Å². The van der Waals surface area contributed by atoms with Crippen LogP contribution in [0.3, 0.4) is 0 Å². The Morgan fingerprint density at radius 3 is 2.62 bits per heavy atom. The minimum absolute atomic E-state index is 0.214. The summed E-state index contributed by atoms with van der Waals surface area (Å²) in [4.78, 5) is 16.7. The maximum Gasteiger partial charge on any atom is 0.349 e. The zero-order valence-electron chi connectivity index (χ0n) is 16.0. The Kier molecular flexibility index (Phi) is 5.49. The number of aromatic nitrogens is 2. The highest BCUT2D eigenvalue weighted by atomic mass is 16.5. The van der Waals surface area contributed by atoms with Crippen molar-refractivity contribution in [2.45, 2.75) is 39.7 Å². The van der Waals surface area contributed by atoms with Crippen molar-refractivity contribution < 1.29 is 9.47 Å². The summed E-state index contributed by atoms with van der Waals surface area (Å²) in [5.41, 5.74) is 2.81. The molecule has 0 spiro atoms. The highest BCUT2D eigenvalue weighted by Gasteiger charge is 2.21. The third-order valence-electron chi connectivity index (χ3n) is 4.77. The smallest absolute Gasteiger partial charge is 0.349 e. The molecular weight excluding hydrogens is 330 g/mol. The van der Waals surface area contributed by atoms with E-state index in [2.05, 4.69) is 24.1 Å². The highest BCUT2D eigenvalue weighted by molar-refractivity contribution is 5.71. The van der Waals surface area contributed by atoms with E-state index >= 15 is 0 Å². The minimum atomic E-state index is -0.214. The van der Waals surface area contributed by atoms with Gasteiger partial charge in [-0.1, -0.05) is 13.8 Å². The molecular formula is C20H27N3O3.